The van der Waals surface area contributed by atoms with Crippen LogP contribution in [0.1, 0.15) is 36.8 Å². The van der Waals surface area contributed by atoms with Crippen LogP contribution in [0, 0.1) is 17.0 Å². The van der Waals surface area contributed by atoms with Crippen LogP contribution in [0.3, 0.4) is 0 Å². The summed E-state index contributed by atoms with van der Waals surface area (Å²) in [4.78, 5) is 23.6. The van der Waals surface area contributed by atoms with Crippen LogP contribution in [-0.2, 0) is 0 Å². The number of nitro benzene ring substituents is 1. The molecule has 0 saturated heterocycles. The first-order valence-electron chi connectivity index (χ1n) is 10.6. The van der Waals surface area contributed by atoms with Crippen LogP contribution >= 0.6 is 0 Å². The lowest BCUT2D eigenvalue weighted by atomic mass is 10.1. The third-order valence-corrected chi connectivity index (χ3v) is 4.55. The summed E-state index contributed by atoms with van der Waals surface area (Å²) in [6, 6.07) is 10.8. The van der Waals surface area contributed by atoms with Crippen molar-refractivity contribution in [2.24, 2.45) is 0 Å². The van der Waals surface area contributed by atoms with Crippen molar-refractivity contribution in [3.8, 4) is 22.9 Å². The number of benzene rings is 2. The molecular formula is C23H26N4O6. The predicted molar refractivity (Wildman–Crippen MR) is 123 cm³/mol. The molecule has 0 fully saturated rings. The summed E-state index contributed by atoms with van der Waals surface area (Å²) in [6.45, 7) is 8.52. The van der Waals surface area contributed by atoms with Gasteiger partial charge in [-0.3, -0.25) is 14.9 Å². The van der Waals surface area contributed by atoms with Gasteiger partial charge in [0.25, 0.3) is 11.6 Å². The lowest BCUT2D eigenvalue weighted by molar-refractivity contribution is -0.384. The molecular weight excluding hydrogens is 428 g/mol. The predicted octanol–water partition coefficient (Wildman–Crippen LogP) is 4.54. The van der Waals surface area contributed by atoms with Crippen molar-refractivity contribution in [3.05, 3.63) is 63.8 Å². The van der Waals surface area contributed by atoms with Crippen molar-refractivity contribution >= 4 is 17.4 Å². The van der Waals surface area contributed by atoms with Gasteiger partial charge >= 0.3 is 0 Å². The van der Waals surface area contributed by atoms with E-state index < -0.39 is 10.8 Å². The number of hydrogen-bond acceptors (Lipinski definition) is 7. The Kier molecular flexibility index (Phi) is 7.50. The summed E-state index contributed by atoms with van der Waals surface area (Å²) in [6.07, 6.45) is 0. The molecule has 1 heterocycles. The number of carbonyl (C=O) groups is 1. The van der Waals surface area contributed by atoms with Crippen molar-refractivity contribution in [2.45, 2.75) is 27.7 Å². The average Bonchev–Trinajstić information content (AvgIpc) is 3.16. The Bertz CT molecular complexity index is 1110. The number of nitrogens with one attached hydrogen (secondary N) is 1. The van der Waals surface area contributed by atoms with E-state index >= 15 is 0 Å². The van der Waals surface area contributed by atoms with Crippen LogP contribution in [0.5, 0.6) is 17.2 Å². The lowest BCUT2D eigenvalue weighted by Gasteiger charge is -2.17. The van der Waals surface area contributed by atoms with Gasteiger partial charge in [-0.25, -0.2) is 4.68 Å². The van der Waals surface area contributed by atoms with E-state index in [1.807, 2.05) is 20.8 Å². The molecule has 10 nitrogen and oxygen atoms in total. The quantitative estimate of drug-likeness (QED) is 0.353. The molecule has 0 spiro atoms. The molecule has 0 radical (unpaired) electrons. The number of rotatable bonds is 10. The van der Waals surface area contributed by atoms with Crippen molar-refractivity contribution in [3.63, 3.8) is 0 Å². The highest BCUT2D eigenvalue weighted by atomic mass is 16.6. The summed E-state index contributed by atoms with van der Waals surface area (Å²) in [7, 11) is 0. The molecule has 0 saturated carbocycles. The van der Waals surface area contributed by atoms with Crippen molar-refractivity contribution in [1.82, 2.24) is 9.78 Å². The average molecular weight is 454 g/mol. The number of aryl methyl sites for hydroxylation is 1. The fourth-order valence-corrected chi connectivity index (χ4v) is 3.21. The smallest absolute Gasteiger partial charge is 0.269 e. The highest BCUT2D eigenvalue weighted by Gasteiger charge is 2.20. The highest BCUT2D eigenvalue weighted by molar-refractivity contribution is 6.04. The molecule has 1 amide bonds. The van der Waals surface area contributed by atoms with Crippen LogP contribution < -0.4 is 19.5 Å². The first kappa shape index (κ1) is 23.6. The molecule has 0 aliphatic heterocycles. The van der Waals surface area contributed by atoms with Crippen molar-refractivity contribution < 1.29 is 23.9 Å². The second kappa shape index (κ2) is 10.5. The molecule has 0 atom stereocenters. The molecule has 1 aromatic heterocycles. The number of anilines is 1. The molecule has 0 aliphatic rings. The van der Waals surface area contributed by atoms with Crippen LogP contribution in [0.2, 0.25) is 0 Å². The van der Waals surface area contributed by atoms with Crippen LogP contribution in [-0.4, -0.2) is 40.4 Å². The van der Waals surface area contributed by atoms with Crippen LogP contribution in [0.15, 0.2) is 42.5 Å². The molecule has 174 valence electrons. The first-order valence-corrected chi connectivity index (χ1v) is 10.6. The van der Waals surface area contributed by atoms with Gasteiger partial charge in [-0.2, -0.15) is 5.10 Å². The minimum Gasteiger partial charge on any atom is -0.490 e. The number of non-ortho nitro benzene ring substituents is 1. The lowest BCUT2D eigenvalue weighted by Crippen LogP contribution is -2.16. The van der Waals surface area contributed by atoms with E-state index in [-0.39, 0.29) is 5.69 Å². The Morgan fingerprint density at radius 2 is 1.58 bits per heavy atom. The molecule has 3 rings (SSSR count). The fraction of sp³-hybridized carbons (Fsp3) is 0.304. The maximum absolute atomic E-state index is 13.1. The first-order chi connectivity index (χ1) is 15.9. The van der Waals surface area contributed by atoms with Crippen molar-refractivity contribution in [1.29, 1.82) is 0 Å². The van der Waals surface area contributed by atoms with Gasteiger partial charge in [-0.05, 0) is 52.0 Å². The van der Waals surface area contributed by atoms with Gasteiger partial charge in [0.05, 0.1) is 36.1 Å². The van der Waals surface area contributed by atoms with E-state index in [2.05, 4.69) is 10.4 Å². The topological polar surface area (TPSA) is 118 Å². The van der Waals surface area contributed by atoms with Gasteiger partial charge in [0.15, 0.2) is 11.5 Å². The molecule has 1 N–H and O–H groups in total. The maximum atomic E-state index is 13.1. The van der Waals surface area contributed by atoms with Gasteiger partial charge in [-0.1, -0.05) is 0 Å². The fourth-order valence-electron chi connectivity index (χ4n) is 3.21. The summed E-state index contributed by atoms with van der Waals surface area (Å²) in [5, 5.41) is 18.2. The number of hydrogen-bond donors (Lipinski definition) is 1. The van der Waals surface area contributed by atoms with E-state index in [1.165, 1.54) is 16.8 Å². The Hall–Kier alpha value is -4.08. The van der Waals surface area contributed by atoms with E-state index in [1.54, 1.807) is 37.3 Å². The molecule has 2 aromatic carbocycles. The Morgan fingerprint density at radius 1 is 1.00 bits per heavy atom. The number of carbonyl (C=O) groups excluding carboxylic acids is 1. The number of nitro groups is 1. The van der Waals surface area contributed by atoms with E-state index in [9.17, 15) is 14.9 Å². The minimum absolute atomic E-state index is 0.0329. The Balaban J connectivity index is 1.95. The van der Waals surface area contributed by atoms with Crippen molar-refractivity contribution in [2.75, 3.05) is 25.1 Å². The number of aromatic nitrogens is 2. The second-order valence-electron chi connectivity index (χ2n) is 6.91. The summed E-state index contributed by atoms with van der Waals surface area (Å²) >= 11 is 0. The summed E-state index contributed by atoms with van der Waals surface area (Å²) in [5.74, 6) is 1.29. The number of nitrogens with zero attached hydrogens (tertiary/aromatic N) is 3. The second-order valence-corrected chi connectivity index (χ2v) is 6.91. The Morgan fingerprint density at radius 3 is 2.09 bits per heavy atom. The van der Waals surface area contributed by atoms with Gasteiger partial charge in [0.1, 0.15) is 5.82 Å². The molecule has 33 heavy (non-hydrogen) atoms. The third kappa shape index (κ3) is 5.40. The molecule has 10 heteroatoms. The molecule has 0 bridgehead atoms. The zero-order valence-electron chi connectivity index (χ0n) is 19.0. The van der Waals surface area contributed by atoms with Crippen LogP contribution in [0.25, 0.3) is 5.69 Å². The van der Waals surface area contributed by atoms with E-state index in [0.717, 1.165) is 0 Å². The van der Waals surface area contributed by atoms with Crippen LogP contribution in [0.4, 0.5) is 11.5 Å². The molecule has 0 unspecified atom stereocenters. The Labute approximate surface area is 191 Å². The standard InChI is InChI=1S/C23H26N4O6/c1-5-31-19-13-16(14-20(32-6-2)22(19)33-7-3)23(28)24-21-12-15(4)25-26(21)17-8-10-18(11-9-17)27(29)30/h8-14H,5-7H2,1-4H3,(H,24,28). The zero-order valence-corrected chi connectivity index (χ0v) is 19.0. The van der Waals surface area contributed by atoms with Gasteiger partial charge in [0.2, 0.25) is 5.75 Å². The number of amides is 1. The maximum Gasteiger partial charge on any atom is 0.269 e. The van der Waals surface area contributed by atoms with Gasteiger partial charge < -0.3 is 19.5 Å². The largest absolute Gasteiger partial charge is 0.490 e. The third-order valence-electron chi connectivity index (χ3n) is 4.55. The van der Waals surface area contributed by atoms with Gasteiger partial charge in [-0.15, -0.1) is 0 Å². The minimum atomic E-state index is -0.474. The molecule has 3 aromatic rings. The highest BCUT2D eigenvalue weighted by Crippen LogP contribution is 2.39. The monoisotopic (exact) mass is 454 g/mol. The van der Waals surface area contributed by atoms with Gasteiger partial charge in [0, 0.05) is 23.8 Å². The zero-order chi connectivity index (χ0) is 24.0. The summed E-state index contributed by atoms with van der Waals surface area (Å²) in [5.41, 5.74) is 1.52. The summed E-state index contributed by atoms with van der Waals surface area (Å²) < 4.78 is 18.6. The van der Waals surface area contributed by atoms with E-state index in [0.29, 0.717) is 59.8 Å². The van der Waals surface area contributed by atoms with E-state index in [4.69, 9.17) is 14.2 Å². The SMILES string of the molecule is CCOc1cc(C(=O)Nc2cc(C)nn2-c2ccc([N+](=O)[O-])cc2)cc(OCC)c1OCC. The normalized spacial score (nSPS) is 10.5. The molecule has 0 aliphatic carbocycles. The number of ether oxygens (including phenoxy) is 3.